The van der Waals surface area contributed by atoms with E-state index in [0.29, 0.717) is 6.04 Å². The fraction of sp³-hybridized carbons (Fsp3) is 0.667. The van der Waals surface area contributed by atoms with Gasteiger partial charge in [-0.1, -0.05) is 0 Å². The van der Waals surface area contributed by atoms with Gasteiger partial charge in [-0.15, -0.1) is 0 Å². The monoisotopic (exact) mass is 360 g/mol. The van der Waals surface area contributed by atoms with Crippen LogP contribution in [0.1, 0.15) is 58.6 Å². The lowest BCUT2D eigenvalue weighted by molar-refractivity contribution is -0.127. The van der Waals surface area contributed by atoms with E-state index in [1.165, 1.54) is 0 Å². The number of carbonyl (C=O) groups is 1. The maximum atomic E-state index is 12.9. The molecule has 5 nitrogen and oxygen atoms in total. The zero-order valence-corrected chi connectivity index (χ0v) is 16.7. The lowest BCUT2D eigenvalue weighted by atomic mass is 9.88. The molecule has 3 rings (SSSR count). The molecule has 0 bridgehead atoms. The summed E-state index contributed by atoms with van der Waals surface area (Å²) < 4.78 is 11.4. The molecule has 5 heteroatoms. The van der Waals surface area contributed by atoms with Gasteiger partial charge in [0.1, 0.15) is 17.1 Å². The fourth-order valence-corrected chi connectivity index (χ4v) is 4.06. The first-order valence-electron chi connectivity index (χ1n) is 9.70. The number of amides is 1. The second kappa shape index (κ2) is 7.47. The normalized spacial score (nSPS) is 23.2. The minimum atomic E-state index is -0.321. The largest absolute Gasteiger partial charge is 0.497 e. The summed E-state index contributed by atoms with van der Waals surface area (Å²) in [4.78, 5) is 15.3. The van der Waals surface area contributed by atoms with E-state index < -0.39 is 0 Å². The van der Waals surface area contributed by atoms with E-state index in [2.05, 4.69) is 37.9 Å². The Morgan fingerprint density at radius 3 is 2.62 bits per heavy atom. The van der Waals surface area contributed by atoms with Gasteiger partial charge in [0.15, 0.2) is 0 Å². The lowest BCUT2D eigenvalue weighted by Gasteiger charge is -2.39. The molecule has 1 N–H and O–H groups in total. The van der Waals surface area contributed by atoms with Crippen molar-refractivity contribution in [3.63, 3.8) is 0 Å². The number of fused-ring (bicyclic) bond motifs is 1. The van der Waals surface area contributed by atoms with E-state index in [1.807, 2.05) is 18.2 Å². The van der Waals surface area contributed by atoms with Gasteiger partial charge < -0.3 is 19.7 Å². The van der Waals surface area contributed by atoms with E-state index in [4.69, 9.17) is 9.47 Å². The number of carbonyl (C=O) groups excluding carboxylic acids is 1. The van der Waals surface area contributed by atoms with Crippen molar-refractivity contribution < 1.29 is 14.3 Å². The summed E-state index contributed by atoms with van der Waals surface area (Å²) in [6.07, 6.45) is 2.64. The van der Waals surface area contributed by atoms with Gasteiger partial charge in [-0.25, -0.2) is 0 Å². The Kier molecular flexibility index (Phi) is 5.47. The van der Waals surface area contributed by atoms with Gasteiger partial charge in [0.05, 0.1) is 13.2 Å². The Morgan fingerprint density at radius 1 is 1.31 bits per heavy atom. The highest BCUT2D eigenvalue weighted by atomic mass is 16.5. The van der Waals surface area contributed by atoms with Gasteiger partial charge in [-0.05, 0) is 65.8 Å². The first kappa shape index (κ1) is 19.0. The quantitative estimate of drug-likeness (QED) is 0.892. The predicted octanol–water partition coefficient (Wildman–Crippen LogP) is 3.53. The number of rotatable bonds is 4. The average Bonchev–Trinajstić information content (AvgIpc) is 2.60. The van der Waals surface area contributed by atoms with Crippen LogP contribution in [0, 0.1) is 5.92 Å². The van der Waals surface area contributed by atoms with E-state index in [1.54, 1.807) is 7.11 Å². The lowest BCUT2D eigenvalue weighted by Crippen LogP contribution is -2.46. The van der Waals surface area contributed by atoms with Gasteiger partial charge in [0.25, 0.3) is 0 Å². The minimum absolute atomic E-state index is 0.0183. The van der Waals surface area contributed by atoms with E-state index >= 15 is 0 Å². The third kappa shape index (κ3) is 4.14. The number of methoxy groups -OCH3 is 1. The molecule has 2 aliphatic rings. The molecule has 1 aromatic carbocycles. The number of nitrogens with zero attached hydrogens (tertiary/aromatic N) is 1. The Morgan fingerprint density at radius 2 is 2.00 bits per heavy atom. The molecule has 1 unspecified atom stereocenters. The van der Waals surface area contributed by atoms with Crippen molar-refractivity contribution in [3.8, 4) is 11.5 Å². The number of piperidine rings is 1. The topological polar surface area (TPSA) is 50.8 Å². The highest BCUT2D eigenvalue weighted by Crippen LogP contribution is 2.41. The molecule has 2 heterocycles. The fourth-order valence-electron chi connectivity index (χ4n) is 4.06. The van der Waals surface area contributed by atoms with Crippen LogP contribution in [-0.4, -0.2) is 42.6 Å². The summed E-state index contributed by atoms with van der Waals surface area (Å²) in [7, 11) is 1.65. The summed E-state index contributed by atoms with van der Waals surface area (Å²) in [5.41, 5.74) is 0.719. The highest BCUT2D eigenvalue weighted by molar-refractivity contribution is 5.79. The molecule has 0 aliphatic carbocycles. The average molecular weight is 360 g/mol. The molecule has 0 spiro atoms. The molecule has 1 fully saturated rings. The number of hydrogen-bond donors (Lipinski definition) is 1. The number of nitrogens with one attached hydrogen (secondary N) is 1. The first-order valence-corrected chi connectivity index (χ1v) is 9.70. The van der Waals surface area contributed by atoms with Crippen LogP contribution < -0.4 is 14.8 Å². The predicted molar refractivity (Wildman–Crippen MR) is 103 cm³/mol. The van der Waals surface area contributed by atoms with Crippen LogP contribution in [0.5, 0.6) is 11.5 Å². The molecule has 1 saturated heterocycles. The zero-order chi connectivity index (χ0) is 18.9. The molecule has 0 radical (unpaired) electrons. The number of ether oxygens (including phenoxy) is 2. The summed E-state index contributed by atoms with van der Waals surface area (Å²) in [6.45, 7) is 10.6. The minimum Gasteiger partial charge on any atom is -0.497 e. The third-order valence-electron chi connectivity index (χ3n) is 5.63. The van der Waals surface area contributed by atoms with Crippen LogP contribution in [0.4, 0.5) is 0 Å². The molecule has 1 atom stereocenters. The Balaban J connectivity index is 1.70. The molecular formula is C21H32N2O3. The van der Waals surface area contributed by atoms with Crippen LogP contribution in [0.2, 0.25) is 0 Å². The molecule has 144 valence electrons. The van der Waals surface area contributed by atoms with Crippen molar-refractivity contribution in [3.05, 3.63) is 23.8 Å². The van der Waals surface area contributed by atoms with Crippen molar-refractivity contribution in [2.75, 3.05) is 20.2 Å². The van der Waals surface area contributed by atoms with Crippen LogP contribution in [-0.2, 0) is 4.79 Å². The van der Waals surface area contributed by atoms with Crippen molar-refractivity contribution in [1.29, 1.82) is 0 Å². The smallest absolute Gasteiger partial charge is 0.223 e. The Bertz CT molecular complexity index is 649. The highest BCUT2D eigenvalue weighted by Gasteiger charge is 2.36. The van der Waals surface area contributed by atoms with Gasteiger partial charge in [-0.3, -0.25) is 4.79 Å². The number of benzene rings is 1. The van der Waals surface area contributed by atoms with Crippen LogP contribution in [0.25, 0.3) is 0 Å². The number of likely N-dealkylation sites (tertiary alicyclic amines) is 1. The Labute approximate surface area is 157 Å². The third-order valence-corrected chi connectivity index (χ3v) is 5.63. The van der Waals surface area contributed by atoms with Crippen molar-refractivity contribution >= 4 is 5.91 Å². The van der Waals surface area contributed by atoms with E-state index in [-0.39, 0.29) is 23.5 Å². The summed E-state index contributed by atoms with van der Waals surface area (Å²) in [5.74, 6) is 1.86. The van der Waals surface area contributed by atoms with Crippen LogP contribution in [0.3, 0.4) is 0 Å². The SMILES string of the molecule is COc1ccc2c(c1)OC(C)(C)CC2NC(=O)C1CCN(C(C)C)CC1. The van der Waals surface area contributed by atoms with Crippen molar-refractivity contribution in [2.24, 2.45) is 5.92 Å². The van der Waals surface area contributed by atoms with Crippen molar-refractivity contribution in [1.82, 2.24) is 10.2 Å². The Hall–Kier alpha value is -1.75. The van der Waals surface area contributed by atoms with Gasteiger partial charge in [0.2, 0.25) is 5.91 Å². The standard InChI is InChI=1S/C21H32N2O3/c1-14(2)23-10-8-15(9-11-23)20(24)22-18-13-21(3,4)26-19-12-16(25-5)6-7-17(18)19/h6-7,12,14-15,18H,8-11,13H2,1-5H3,(H,22,24). The summed E-state index contributed by atoms with van der Waals surface area (Å²) in [6, 6.07) is 6.39. The molecular weight excluding hydrogens is 328 g/mol. The second-order valence-electron chi connectivity index (χ2n) is 8.43. The summed E-state index contributed by atoms with van der Waals surface area (Å²) in [5, 5.41) is 3.30. The second-order valence-corrected chi connectivity index (χ2v) is 8.43. The molecule has 26 heavy (non-hydrogen) atoms. The van der Waals surface area contributed by atoms with Gasteiger partial charge in [-0.2, -0.15) is 0 Å². The van der Waals surface area contributed by atoms with E-state index in [9.17, 15) is 4.79 Å². The van der Waals surface area contributed by atoms with Crippen LogP contribution >= 0.6 is 0 Å². The molecule has 2 aliphatic heterocycles. The number of hydrogen-bond acceptors (Lipinski definition) is 4. The summed E-state index contributed by atoms with van der Waals surface area (Å²) >= 11 is 0. The maximum absolute atomic E-state index is 12.9. The molecule has 1 aromatic rings. The van der Waals surface area contributed by atoms with Gasteiger partial charge >= 0.3 is 0 Å². The first-order chi connectivity index (χ1) is 12.3. The molecule has 0 aromatic heterocycles. The maximum Gasteiger partial charge on any atom is 0.223 e. The van der Waals surface area contributed by atoms with Crippen LogP contribution in [0.15, 0.2) is 18.2 Å². The van der Waals surface area contributed by atoms with Crippen molar-refractivity contribution in [2.45, 2.75) is 64.6 Å². The molecule has 0 saturated carbocycles. The molecule has 1 amide bonds. The van der Waals surface area contributed by atoms with E-state index in [0.717, 1.165) is 49.4 Å². The van der Waals surface area contributed by atoms with Gasteiger partial charge in [0, 0.05) is 30.0 Å². The zero-order valence-electron chi connectivity index (χ0n) is 16.7.